The summed E-state index contributed by atoms with van der Waals surface area (Å²) in [5.41, 5.74) is 1.60. The Kier molecular flexibility index (Phi) is 6.24. The van der Waals surface area contributed by atoms with Crippen molar-refractivity contribution in [2.24, 2.45) is 0 Å². The van der Waals surface area contributed by atoms with Crippen LogP contribution in [-0.2, 0) is 10.0 Å². The molecule has 27 heavy (non-hydrogen) atoms. The fourth-order valence-corrected chi connectivity index (χ4v) is 4.99. The molecule has 7 heteroatoms. The molecular weight excluding hydrogens is 364 g/mol. The van der Waals surface area contributed by atoms with Crippen LogP contribution in [0.2, 0.25) is 0 Å². The smallest absolute Gasteiger partial charge is 0.240 e. The third kappa shape index (κ3) is 4.54. The first-order valence-electron chi connectivity index (χ1n) is 9.34. The molecular formula is C20H28N2O4S. The lowest BCUT2D eigenvalue weighted by molar-refractivity contribution is 0.147. The van der Waals surface area contributed by atoms with E-state index in [9.17, 15) is 8.42 Å². The fraction of sp³-hybridized carbons (Fsp3) is 0.500. The van der Waals surface area contributed by atoms with Crippen molar-refractivity contribution in [3.05, 3.63) is 47.4 Å². The van der Waals surface area contributed by atoms with Gasteiger partial charge in [-0.05, 0) is 75.2 Å². The molecule has 1 N–H and O–H groups in total. The highest BCUT2D eigenvalue weighted by atomic mass is 32.2. The zero-order valence-corrected chi connectivity index (χ0v) is 17.0. The molecule has 1 aromatic carbocycles. The van der Waals surface area contributed by atoms with Crippen LogP contribution in [0.3, 0.4) is 0 Å². The van der Waals surface area contributed by atoms with Crippen LogP contribution in [0.25, 0.3) is 0 Å². The number of hydrogen-bond donors (Lipinski definition) is 1. The Morgan fingerprint density at radius 2 is 1.85 bits per heavy atom. The van der Waals surface area contributed by atoms with Gasteiger partial charge in [0.05, 0.1) is 24.3 Å². The van der Waals surface area contributed by atoms with Crippen molar-refractivity contribution < 1.29 is 17.6 Å². The minimum absolute atomic E-state index is 0.101. The molecule has 0 bridgehead atoms. The number of rotatable bonds is 7. The van der Waals surface area contributed by atoms with Crippen LogP contribution in [0.4, 0.5) is 0 Å². The number of methoxy groups -OCH3 is 1. The lowest BCUT2D eigenvalue weighted by Crippen LogP contribution is -2.40. The van der Waals surface area contributed by atoms with E-state index >= 15 is 0 Å². The predicted molar refractivity (Wildman–Crippen MR) is 105 cm³/mol. The Morgan fingerprint density at radius 3 is 2.41 bits per heavy atom. The van der Waals surface area contributed by atoms with Gasteiger partial charge in [0.25, 0.3) is 0 Å². The molecule has 3 rings (SSSR count). The lowest BCUT2D eigenvalue weighted by Gasteiger charge is -2.33. The summed E-state index contributed by atoms with van der Waals surface area (Å²) >= 11 is 0. The van der Waals surface area contributed by atoms with Crippen molar-refractivity contribution in [2.75, 3.05) is 26.7 Å². The average molecular weight is 393 g/mol. The van der Waals surface area contributed by atoms with Crippen molar-refractivity contribution in [3.8, 4) is 5.75 Å². The van der Waals surface area contributed by atoms with Gasteiger partial charge in [0.1, 0.15) is 11.5 Å². The van der Waals surface area contributed by atoms with Gasteiger partial charge in [0.2, 0.25) is 10.0 Å². The van der Waals surface area contributed by atoms with E-state index in [1.54, 1.807) is 25.5 Å². The van der Waals surface area contributed by atoms with E-state index in [0.29, 0.717) is 0 Å². The van der Waals surface area contributed by atoms with Gasteiger partial charge in [0.15, 0.2) is 0 Å². The molecule has 1 unspecified atom stereocenters. The molecule has 0 spiro atoms. The highest BCUT2D eigenvalue weighted by Gasteiger charge is 2.27. The van der Waals surface area contributed by atoms with Gasteiger partial charge in [-0.3, -0.25) is 4.90 Å². The quantitative estimate of drug-likeness (QED) is 0.782. The summed E-state index contributed by atoms with van der Waals surface area (Å²) in [5, 5.41) is 0. The molecule has 1 fully saturated rings. The van der Waals surface area contributed by atoms with E-state index in [4.69, 9.17) is 9.15 Å². The topological polar surface area (TPSA) is 71.8 Å². The second kappa shape index (κ2) is 8.46. The molecule has 1 atom stereocenters. The van der Waals surface area contributed by atoms with Crippen LogP contribution in [0.5, 0.6) is 5.75 Å². The van der Waals surface area contributed by atoms with E-state index in [1.165, 1.54) is 6.42 Å². The van der Waals surface area contributed by atoms with Gasteiger partial charge in [-0.25, -0.2) is 13.1 Å². The summed E-state index contributed by atoms with van der Waals surface area (Å²) in [5.74, 6) is 1.51. The Morgan fingerprint density at radius 1 is 1.19 bits per heavy atom. The van der Waals surface area contributed by atoms with E-state index in [0.717, 1.165) is 48.6 Å². The Labute approximate surface area is 161 Å². The largest absolute Gasteiger partial charge is 0.496 e. The molecule has 2 heterocycles. The first-order valence-corrected chi connectivity index (χ1v) is 10.8. The zero-order valence-electron chi connectivity index (χ0n) is 16.2. The molecule has 1 saturated heterocycles. The highest BCUT2D eigenvalue weighted by Crippen LogP contribution is 2.28. The number of nitrogens with one attached hydrogen (secondary N) is 1. The summed E-state index contributed by atoms with van der Waals surface area (Å²) in [6.07, 6.45) is 5.11. The molecule has 0 aliphatic carbocycles. The SMILES string of the molecule is COc1c(C)cc(S(=O)(=O)NCC(c2ccco2)N2CCCCC2)cc1C. The molecule has 6 nitrogen and oxygen atoms in total. The molecule has 1 aromatic heterocycles. The maximum atomic E-state index is 12.9. The van der Waals surface area contributed by atoms with E-state index in [-0.39, 0.29) is 17.5 Å². The normalized spacial score (nSPS) is 17.0. The summed E-state index contributed by atoms with van der Waals surface area (Å²) in [4.78, 5) is 2.56. The van der Waals surface area contributed by atoms with E-state index in [1.807, 2.05) is 26.0 Å². The van der Waals surface area contributed by atoms with Crippen LogP contribution in [-0.4, -0.2) is 40.1 Å². The molecule has 0 saturated carbocycles. The summed E-state index contributed by atoms with van der Waals surface area (Å²) in [6.45, 7) is 5.89. The molecule has 1 aliphatic heterocycles. The molecule has 0 radical (unpaired) electrons. The number of nitrogens with zero attached hydrogens (tertiary/aromatic N) is 1. The zero-order chi connectivity index (χ0) is 19.4. The number of ether oxygens (including phenoxy) is 1. The minimum Gasteiger partial charge on any atom is -0.496 e. The number of benzene rings is 1. The number of hydrogen-bond acceptors (Lipinski definition) is 5. The molecule has 2 aromatic rings. The maximum absolute atomic E-state index is 12.9. The Bertz CT molecular complexity index is 833. The summed E-state index contributed by atoms with van der Waals surface area (Å²) in [6, 6.07) is 6.95. The third-order valence-electron chi connectivity index (χ3n) is 5.12. The van der Waals surface area contributed by atoms with E-state index < -0.39 is 10.0 Å². The summed E-state index contributed by atoms with van der Waals surface area (Å²) in [7, 11) is -2.04. The van der Waals surface area contributed by atoms with Gasteiger partial charge in [-0.15, -0.1) is 0 Å². The van der Waals surface area contributed by atoms with Crippen molar-refractivity contribution >= 4 is 10.0 Å². The van der Waals surface area contributed by atoms with Gasteiger partial charge >= 0.3 is 0 Å². The molecule has 148 valence electrons. The molecule has 1 aliphatic rings. The maximum Gasteiger partial charge on any atom is 0.240 e. The second-order valence-electron chi connectivity index (χ2n) is 7.07. The van der Waals surface area contributed by atoms with Crippen LogP contribution >= 0.6 is 0 Å². The number of sulfonamides is 1. The van der Waals surface area contributed by atoms with Crippen LogP contribution in [0.1, 0.15) is 42.2 Å². The fourth-order valence-electron chi connectivity index (χ4n) is 3.78. The standard InChI is InChI=1S/C20H28N2O4S/c1-15-12-17(13-16(2)20(15)25-3)27(23,24)21-14-18(19-8-7-11-26-19)22-9-5-4-6-10-22/h7-8,11-13,18,21H,4-6,9-10,14H2,1-3H3. The number of aryl methyl sites for hydroxylation is 2. The third-order valence-corrected chi connectivity index (χ3v) is 6.52. The van der Waals surface area contributed by atoms with Gasteiger partial charge in [0, 0.05) is 6.54 Å². The van der Waals surface area contributed by atoms with Crippen LogP contribution in [0.15, 0.2) is 39.8 Å². The van der Waals surface area contributed by atoms with Gasteiger partial charge < -0.3 is 9.15 Å². The summed E-state index contributed by atoms with van der Waals surface area (Å²) < 4.78 is 39.5. The predicted octanol–water partition coefficient (Wildman–Crippen LogP) is 3.41. The van der Waals surface area contributed by atoms with Gasteiger partial charge in [-0.1, -0.05) is 6.42 Å². The van der Waals surface area contributed by atoms with Crippen LogP contribution < -0.4 is 9.46 Å². The Balaban J connectivity index is 1.80. The van der Waals surface area contributed by atoms with Crippen molar-refractivity contribution in [1.82, 2.24) is 9.62 Å². The van der Waals surface area contributed by atoms with E-state index in [2.05, 4.69) is 9.62 Å². The number of likely N-dealkylation sites (tertiary alicyclic amines) is 1. The number of piperidine rings is 1. The minimum atomic E-state index is -3.63. The van der Waals surface area contributed by atoms with Crippen LogP contribution in [0, 0.1) is 13.8 Å². The van der Waals surface area contributed by atoms with Crippen molar-refractivity contribution in [3.63, 3.8) is 0 Å². The lowest BCUT2D eigenvalue weighted by atomic mass is 10.1. The first kappa shape index (κ1) is 19.9. The highest BCUT2D eigenvalue weighted by molar-refractivity contribution is 7.89. The average Bonchev–Trinajstić information content (AvgIpc) is 3.17. The monoisotopic (exact) mass is 392 g/mol. The van der Waals surface area contributed by atoms with Crippen molar-refractivity contribution in [2.45, 2.75) is 44.0 Å². The number of furan rings is 1. The van der Waals surface area contributed by atoms with Crippen molar-refractivity contribution in [1.29, 1.82) is 0 Å². The molecule has 0 amide bonds. The Hall–Kier alpha value is -1.83. The first-order chi connectivity index (χ1) is 12.9. The van der Waals surface area contributed by atoms with Gasteiger partial charge in [-0.2, -0.15) is 0 Å². The second-order valence-corrected chi connectivity index (χ2v) is 8.84.